The summed E-state index contributed by atoms with van der Waals surface area (Å²) in [5.41, 5.74) is 0. The van der Waals surface area contributed by atoms with Crippen molar-refractivity contribution in [2.45, 2.75) is 32.1 Å². The van der Waals surface area contributed by atoms with Gasteiger partial charge in [0.15, 0.2) is 0 Å². The number of rotatable bonds is 9. The van der Waals surface area contributed by atoms with E-state index in [9.17, 15) is 0 Å². The normalized spacial score (nSPS) is 13.3. The van der Waals surface area contributed by atoms with E-state index < -0.39 is 0 Å². The van der Waals surface area contributed by atoms with Crippen molar-refractivity contribution in [1.82, 2.24) is 0 Å². The van der Waals surface area contributed by atoms with Crippen LogP contribution in [0.5, 0.6) is 0 Å². The third-order valence-electron chi connectivity index (χ3n) is 2.29. The molecule has 0 aromatic heterocycles. The predicted octanol–water partition coefficient (Wildman–Crippen LogP) is 2.28. The summed E-state index contributed by atoms with van der Waals surface area (Å²) in [7, 11) is 0. The second-order valence-electron chi connectivity index (χ2n) is 3.45. The number of aliphatic hydroxyl groups is 2. The molecular weight excluding hydrogens is 176 g/mol. The zero-order chi connectivity index (χ0) is 10.6. The highest BCUT2D eigenvalue weighted by Crippen LogP contribution is 2.15. The Balaban J connectivity index is 3.47. The second-order valence-corrected chi connectivity index (χ2v) is 3.45. The fourth-order valence-corrected chi connectivity index (χ4v) is 1.40. The minimum atomic E-state index is 0.128. The van der Waals surface area contributed by atoms with Gasteiger partial charge in [-0.15, -0.1) is 6.58 Å². The van der Waals surface area contributed by atoms with E-state index in [4.69, 9.17) is 10.2 Å². The monoisotopic (exact) mass is 198 g/mol. The lowest BCUT2D eigenvalue weighted by molar-refractivity contribution is 0.279. The van der Waals surface area contributed by atoms with Gasteiger partial charge in [0.1, 0.15) is 0 Å². The minimum Gasteiger partial charge on any atom is -0.396 e. The molecule has 2 N–H and O–H groups in total. The van der Waals surface area contributed by atoms with E-state index in [0.717, 1.165) is 32.1 Å². The van der Waals surface area contributed by atoms with Crippen molar-refractivity contribution in [2.24, 2.45) is 5.92 Å². The van der Waals surface area contributed by atoms with Gasteiger partial charge in [-0.3, -0.25) is 0 Å². The highest BCUT2D eigenvalue weighted by atomic mass is 16.3. The van der Waals surface area contributed by atoms with Crippen LogP contribution in [0.15, 0.2) is 24.8 Å². The van der Waals surface area contributed by atoms with Gasteiger partial charge in [-0.2, -0.15) is 0 Å². The van der Waals surface area contributed by atoms with Crippen LogP contribution in [0, 0.1) is 5.92 Å². The van der Waals surface area contributed by atoms with E-state index in [1.165, 1.54) is 0 Å². The van der Waals surface area contributed by atoms with Crippen LogP contribution in [-0.4, -0.2) is 23.4 Å². The van der Waals surface area contributed by atoms with Crippen LogP contribution in [0.1, 0.15) is 32.1 Å². The Bertz CT molecular complexity index is 152. The molecule has 0 aliphatic rings. The summed E-state index contributed by atoms with van der Waals surface area (Å²) in [6.45, 7) is 4.22. The van der Waals surface area contributed by atoms with Crippen LogP contribution >= 0.6 is 0 Å². The molecule has 2 nitrogen and oxygen atoms in total. The largest absolute Gasteiger partial charge is 0.396 e. The molecular formula is C12H22O2. The highest BCUT2D eigenvalue weighted by Gasteiger charge is 2.01. The van der Waals surface area contributed by atoms with Crippen LogP contribution in [0.4, 0.5) is 0 Å². The molecule has 0 aliphatic heterocycles. The summed E-state index contributed by atoms with van der Waals surface area (Å²) in [5, 5.41) is 17.2. The molecule has 0 heterocycles. The molecule has 0 amide bonds. The summed E-state index contributed by atoms with van der Waals surface area (Å²) in [6, 6.07) is 0. The van der Waals surface area contributed by atoms with Crippen LogP contribution in [0.25, 0.3) is 0 Å². The van der Waals surface area contributed by atoms with E-state index in [-0.39, 0.29) is 13.2 Å². The number of hydrogen-bond donors (Lipinski definition) is 2. The molecule has 0 bridgehead atoms. The number of allylic oxidation sites excluding steroid dienone is 2. The number of hydrogen-bond acceptors (Lipinski definition) is 2. The van der Waals surface area contributed by atoms with Gasteiger partial charge in [-0.25, -0.2) is 0 Å². The van der Waals surface area contributed by atoms with E-state index in [0.29, 0.717) is 5.92 Å². The first-order valence-electron chi connectivity index (χ1n) is 5.34. The lowest BCUT2D eigenvalue weighted by Gasteiger charge is -2.09. The Labute approximate surface area is 87.0 Å². The fraction of sp³-hybridized carbons (Fsp3) is 0.667. The van der Waals surface area contributed by atoms with Crippen LogP contribution < -0.4 is 0 Å². The number of aliphatic hydroxyl groups excluding tert-OH is 2. The van der Waals surface area contributed by atoms with Gasteiger partial charge < -0.3 is 10.2 Å². The lowest BCUT2D eigenvalue weighted by Crippen LogP contribution is -1.96. The Hall–Kier alpha value is -0.600. The van der Waals surface area contributed by atoms with Gasteiger partial charge in [0.05, 0.1) is 6.61 Å². The first kappa shape index (κ1) is 13.4. The molecule has 2 heteroatoms. The molecule has 0 rings (SSSR count). The highest BCUT2D eigenvalue weighted by molar-refractivity contribution is 4.85. The quantitative estimate of drug-likeness (QED) is 0.441. The lowest BCUT2D eigenvalue weighted by atomic mass is 9.97. The van der Waals surface area contributed by atoms with Crippen LogP contribution in [0.3, 0.4) is 0 Å². The molecule has 1 atom stereocenters. The van der Waals surface area contributed by atoms with E-state index >= 15 is 0 Å². The Morgan fingerprint density at radius 3 is 2.43 bits per heavy atom. The van der Waals surface area contributed by atoms with Crippen LogP contribution in [-0.2, 0) is 0 Å². The summed E-state index contributed by atoms with van der Waals surface area (Å²) in [5.74, 6) is 0.546. The van der Waals surface area contributed by atoms with Gasteiger partial charge in [0.25, 0.3) is 0 Å². The van der Waals surface area contributed by atoms with E-state index in [1.807, 2.05) is 12.2 Å². The minimum absolute atomic E-state index is 0.128. The molecule has 0 saturated carbocycles. The maximum Gasteiger partial charge on any atom is 0.0612 e. The standard InChI is InChI=1S/C12H22O2/c1-2-12(9-5-7-11-14)8-4-3-6-10-13/h2-3,6,12-14H,1,4-5,7-11H2/b6-3+. The summed E-state index contributed by atoms with van der Waals surface area (Å²) in [6.07, 6.45) is 10.9. The average Bonchev–Trinajstić information content (AvgIpc) is 2.22. The molecule has 82 valence electrons. The maximum atomic E-state index is 8.63. The molecule has 1 unspecified atom stereocenters. The van der Waals surface area contributed by atoms with E-state index in [1.54, 1.807) is 6.08 Å². The average molecular weight is 198 g/mol. The van der Waals surface area contributed by atoms with Gasteiger partial charge in [0.2, 0.25) is 0 Å². The molecule has 14 heavy (non-hydrogen) atoms. The summed E-state index contributed by atoms with van der Waals surface area (Å²) in [4.78, 5) is 0. The SMILES string of the molecule is C=CC(CC/C=C/CO)CCCCO. The molecule has 0 aromatic rings. The van der Waals surface area contributed by atoms with Crippen molar-refractivity contribution < 1.29 is 10.2 Å². The molecule has 0 fully saturated rings. The van der Waals surface area contributed by atoms with Gasteiger partial charge in [-0.1, -0.05) is 24.6 Å². The maximum absolute atomic E-state index is 8.63. The number of unbranched alkanes of at least 4 members (excludes halogenated alkanes) is 1. The van der Waals surface area contributed by atoms with Crippen molar-refractivity contribution >= 4 is 0 Å². The first-order chi connectivity index (χ1) is 6.85. The summed E-state index contributed by atoms with van der Waals surface area (Å²) < 4.78 is 0. The molecule has 0 aliphatic carbocycles. The van der Waals surface area contributed by atoms with Gasteiger partial charge >= 0.3 is 0 Å². The Morgan fingerprint density at radius 1 is 1.07 bits per heavy atom. The Morgan fingerprint density at radius 2 is 1.86 bits per heavy atom. The third-order valence-corrected chi connectivity index (χ3v) is 2.29. The predicted molar refractivity (Wildman–Crippen MR) is 60.1 cm³/mol. The topological polar surface area (TPSA) is 40.5 Å². The molecule has 0 spiro atoms. The van der Waals surface area contributed by atoms with Crippen molar-refractivity contribution in [2.75, 3.05) is 13.2 Å². The Kier molecular flexibility index (Phi) is 10.0. The van der Waals surface area contributed by atoms with Crippen molar-refractivity contribution in [3.8, 4) is 0 Å². The third kappa shape index (κ3) is 8.02. The zero-order valence-electron chi connectivity index (χ0n) is 8.86. The van der Waals surface area contributed by atoms with Crippen molar-refractivity contribution in [3.05, 3.63) is 24.8 Å². The van der Waals surface area contributed by atoms with Crippen molar-refractivity contribution in [1.29, 1.82) is 0 Å². The van der Waals surface area contributed by atoms with Gasteiger partial charge in [0, 0.05) is 6.61 Å². The zero-order valence-corrected chi connectivity index (χ0v) is 8.86. The molecule has 0 saturated heterocycles. The molecule has 0 radical (unpaired) electrons. The smallest absolute Gasteiger partial charge is 0.0612 e. The molecule has 0 aromatic carbocycles. The van der Waals surface area contributed by atoms with Gasteiger partial charge in [-0.05, 0) is 31.6 Å². The second kappa shape index (κ2) is 10.5. The first-order valence-corrected chi connectivity index (χ1v) is 5.34. The van der Waals surface area contributed by atoms with E-state index in [2.05, 4.69) is 6.58 Å². The van der Waals surface area contributed by atoms with Crippen LogP contribution in [0.2, 0.25) is 0 Å². The summed E-state index contributed by atoms with van der Waals surface area (Å²) >= 11 is 0. The van der Waals surface area contributed by atoms with Crippen molar-refractivity contribution in [3.63, 3.8) is 0 Å². The fourth-order valence-electron chi connectivity index (χ4n) is 1.40.